The van der Waals surface area contributed by atoms with Gasteiger partial charge in [-0.3, -0.25) is 0 Å². The molecule has 20 heavy (non-hydrogen) atoms. The van der Waals surface area contributed by atoms with Crippen LogP contribution in [0.4, 0.5) is 0 Å². The second kappa shape index (κ2) is 7.09. The molecule has 0 spiro atoms. The highest BCUT2D eigenvalue weighted by atomic mass is 35.5. The molecular formula is C16H17Cl2NO. The Bertz CT molecular complexity index is 560. The summed E-state index contributed by atoms with van der Waals surface area (Å²) in [6.07, 6.45) is -0.543. The smallest absolute Gasteiger partial charge is 0.0940 e. The fourth-order valence-electron chi connectivity index (χ4n) is 1.98. The summed E-state index contributed by atoms with van der Waals surface area (Å²) in [7, 11) is 0. The van der Waals surface area contributed by atoms with E-state index in [1.165, 1.54) is 0 Å². The molecule has 106 valence electrons. The van der Waals surface area contributed by atoms with Gasteiger partial charge in [0, 0.05) is 12.6 Å². The molecule has 0 saturated carbocycles. The third kappa shape index (κ3) is 3.97. The molecule has 2 N–H and O–H groups in total. The summed E-state index contributed by atoms with van der Waals surface area (Å²) in [5, 5.41) is 14.6. The lowest BCUT2D eigenvalue weighted by Crippen LogP contribution is -2.31. The maximum absolute atomic E-state index is 10.3. The molecule has 2 rings (SSSR count). The summed E-state index contributed by atoms with van der Waals surface area (Å²) in [6.45, 7) is 2.58. The third-order valence-electron chi connectivity index (χ3n) is 3.23. The van der Waals surface area contributed by atoms with Crippen molar-refractivity contribution in [3.05, 3.63) is 69.7 Å². The van der Waals surface area contributed by atoms with Crippen LogP contribution in [-0.4, -0.2) is 11.1 Å². The Balaban J connectivity index is 1.94. The highest BCUT2D eigenvalue weighted by Crippen LogP contribution is 2.23. The molecule has 2 atom stereocenters. The molecule has 0 saturated heterocycles. The summed E-state index contributed by atoms with van der Waals surface area (Å²) >= 11 is 11.9. The zero-order chi connectivity index (χ0) is 14.5. The molecule has 2 aromatic carbocycles. The van der Waals surface area contributed by atoms with Gasteiger partial charge in [0.1, 0.15) is 0 Å². The van der Waals surface area contributed by atoms with E-state index in [1.807, 2.05) is 49.4 Å². The van der Waals surface area contributed by atoms with Crippen LogP contribution in [0.25, 0.3) is 0 Å². The summed E-state index contributed by atoms with van der Waals surface area (Å²) in [5.41, 5.74) is 1.94. The highest BCUT2D eigenvalue weighted by Gasteiger charge is 2.15. The quantitative estimate of drug-likeness (QED) is 0.867. The lowest BCUT2D eigenvalue weighted by Gasteiger charge is -2.20. The van der Waals surface area contributed by atoms with E-state index in [4.69, 9.17) is 23.2 Å². The first-order valence-corrected chi connectivity index (χ1v) is 7.24. The Morgan fingerprint density at radius 1 is 1.05 bits per heavy atom. The number of nitrogens with one attached hydrogen (secondary N) is 1. The lowest BCUT2D eigenvalue weighted by molar-refractivity contribution is 0.135. The molecule has 0 aliphatic heterocycles. The summed E-state index contributed by atoms with van der Waals surface area (Å²) in [5.74, 6) is 0. The van der Waals surface area contributed by atoms with Gasteiger partial charge in [-0.15, -0.1) is 0 Å². The molecule has 2 aromatic rings. The second-order valence-electron chi connectivity index (χ2n) is 4.77. The first kappa shape index (κ1) is 15.3. The van der Waals surface area contributed by atoms with Gasteiger partial charge in [0.25, 0.3) is 0 Å². The molecular weight excluding hydrogens is 293 g/mol. The van der Waals surface area contributed by atoms with E-state index in [0.717, 1.165) is 11.1 Å². The fourth-order valence-corrected chi connectivity index (χ4v) is 2.30. The number of benzene rings is 2. The standard InChI is InChI=1S/C16H17Cl2NO/c1-11(16(20)13-5-3-2-4-6-13)19-10-12-7-8-14(17)15(18)9-12/h2-9,11,16,19-20H,10H2,1H3/t11-,16-/m1/s1. The third-order valence-corrected chi connectivity index (χ3v) is 3.97. The molecule has 0 bridgehead atoms. The van der Waals surface area contributed by atoms with E-state index >= 15 is 0 Å². The van der Waals surface area contributed by atoms with Crippen LogP contribution in [0.5, 0.6) is 0 Å². The van der Waals surface area contributed by atoms with E-state index in [-0.39, 0.29) is 6.04 Å². The van der Waals surface area contributed by atoms with Crippen molar-refractivity contribution < 1.29 is 5.11 Å². The fraction of sp³-hybridized carbons (Fsp3) is 0.250. The van der Waals surface area contributed by atoms with Crippen molar-refractivity contribution in [3.8, 4) is 0 Å². The van der Waals surface area contributed by atoms with Crippen LogP contribution < -0.4 is 5.32 Å². The first-order chi connectivity index (χ1) is 9.58. The predicted molar refractivity (Wildman–Crippen MR) is 84.2 cm³/mol. The number of rotatable bonds is 5. The molecule has 0 unspecified atom stereocenters. The normalized spacial score (nSPS) is 14.0. The predicted octanol–water partition coefficient (Wildman–Crippen LogP) is 4.21. The monoisotopic (exact) mass is 309 g/mol. The first-order valence-electron chi connectivity index (χ1n) is 6.48. The Morgan fingerprint density at radius 2 is 1.75 bits per heavy atom. The lowest BCUT2D eigenvalue weighted by atomic mass is 10.0. The highest BCUT2D eigenvalue weighted by molar-refractivity contribution is 6.42. The van der Waals surface area contributed by atoms with Gasteiger partial charge in [0.2, 0.25) is 0 Å². The molecule has 0 radical (unpaired) electrons. The Hall–Kier alpha value is -1.06. The van der Waals surface area contributed by atoms with Crippen LogP contribution in [-0.2, 0) is 6.54 Å². The van der Waals surface area contributed by atoms with Crippen LogP contribution in [0.2, 0.25) is 10.0 Å². The van der Waals surface area contributed by atoms with E-state index in [2.05, 4.69) is 5.32 Å². The van der Waals surface area contributed by atoms with Crippen LogP contribution in [0.1, 0.15) is 24.2 Å². The largest absolute Gasteiger partial charge is 0.387 e. The minimum Gasteiger partial charge on any atom is -0.387 e. The molecule has 0 heterocycles. The van der Waals surface area contributed by atoms with E-state index in [0.29, 0.717) is 16.6 Å². The zero-order valence-electron chi connectivity index (χ0n) is 11.2. The van der Waals surface area contributed by atoms with Gasteiger partial charge < -0.3 is 10.4 Å². The maximum Gasteiger partial charge on any atom is 0.0940 e. The van der Waals surface area contributed by atoms with Crippen LogP contribution in [0, 0.1) is 0 Å². The Kier molecular flexibility index (Phi) is 5.44. The minimum atomic E-state index is -0.543. The van der Waals surface area contributed by atoms with Crippen LogP contribution >= 0.6 is 23.2 Å². The van der Waals surface area contributed by atoms with Gasteiger partial charge in [-0.2, -0.15) is 0 Å². The van der Waals surface area contributed by atoms with Gasteiger partial charge in [0.05, 0.1) is 16.1 Å². The topological polar surface area (TPSA) is 32.3 Å². The Labute approximate surface area is 129 Å². The van der Waals surface area contributed by atoms with Crippen LogP contribution in [0.15, 0.2) is 48.5 Å². The average molecular weight is 310 g/mol. The van der Waals surface area contributed by atoms with E-state index in [9.17, 15) is 5.11 Å². The molecule has 0 aliphatic rings. The summed E-state index contributed by atoms with van der Waals surface area (Å²) < 4.78 is 0. The number of aliphatic hydroxyl groups is 1. The summed E-state index contributed by atoms with van der Waals surface area (Å²) in [6, 6.07) is 15.1. The summed E-state index contributed by atoms with van der Waals surface area (Å²) in [4.78, 5) is 0. The maximum atomic E-state index is 10.3. The minimum absolute atomic E-state index is 0.0631. The van der Waals surface area contributed by atoms with E-state index < -0.39 is 6.10 Å². The zero-order valence-corrected chi connectivity index (χ0v) is 12.7. The SMILES string of the molecule is C[C@@H](NCc1ccc(Cl)c(Cl)c1)[C@@H](O)c1ccccc1. The van der Waals surface area contributed by atoms with Gasteiger partial charge in [-0.25, -0.2) is 0 Å². The van der Waals surface area contributed by atoms with Gasteiger partial charge in [-0.05, 0) is 30.2 Å². The van der Waals surface area contributed by atoms with E-state index in [1.54, 1.807) is 6.07 Å². The van der Waals surface area contributed by atoms with Crippen molar-refractivity contribution >= 4 is 23.2 Å². The van der Waals surface area contributed by atoms with Gasteiger partial charge in [0.15, 0.2) is 0 Å². The van der Waals surface area contributed by atoms with Crippen molar-refractivity contribution in [1.82, 2.24) is 5.32 Å². The molecule has 4 heteroatoms. The number of hydrogen-bond acceptors (Lipinski definition) is 2. The molecule has 2 nitrogen and oxygen atoms in total. The van der Waals surface area contributed by atoms with Crippen molar-refractivity contribution in [3.63, 3.8) is 0 Å². The second-order valence-corrected chi connectivity index (χ2v) is 5.59. The number of aliphatic hydroxyl groups excluding tert-OH is 1. The molecule has 0 aromatic heterocycles. The molecule has 0 fully saturated rings. The van der Waals surface area contributed by atoms with Gasteiger partial charge >= 0.3 is 0 Å². The Morgan fingerprint density at radius 3 is 2.40 bits per heavy atom. The number of hydrogen-bond donors (Lipinski definition) is 2. The van der Waals surface area contributed by atoms with Crippen LogP contribution in [0.3, 0.4) is 0 Å². The van der Waals surface area contributed by atoms with Crippen molar-refractivity contribution in [2.24, 2.45) is 0 Å². The van der Waals surface area contributed by atoms with Crippen molar-refractivity contribution in [2.45, 2.75) is 25.6 Å². The van der Waals surface area contributed by atoms with Crippen molar-refractivity contribution in [2.75, 3.05) is 0 Å². The molecule has 0 aliphatic carbocycles. The number of halogens is 2. The van der Waals surface area contributed by atoms with Gasteiger partial charge in [-0.1, -0.05) is 59.6 Å². The molecule has 0 amide bonds. The van der Waals surface area contributed by atoms with Crippen molar-refractivity contribution in [1.29, 1.82) is 0 Å². The average Bonchev–Trinajstić information content (AvgIpc) is 2.48.